The average Bonchev–Trinajstić information content (AvgIpc) is 2.77. The van der Waals surface area contributed by atoms with Gasteiger partial charge in [0.2, 0.25) is 5.91 Å². The van der Waals surface area contributed by atoms with Crippen molar-refractivity contribution in [2.45, 2.75) is 45.9 Å². The molecule has 1 amide bonds. The third-order valence-corrected chi connectivity index (χ3v) is 3.48. The lowest BCUT2D eigenvalue weighted by Gasteiger charge is -2.13. The summed E-state index contributed by atoms with van der Waals surface area (Å²) in [4.78, 5) is 12.0. The quantitative estimate of drug-likeness (QED) is 0.850. The standard InChI is InChI=1S/C16H22N2O2/c1-3-6-12(2)17-16(20)10-18-9-13(11-19)14-7-4-5-8-15(14)18/h4-5,7-9,12,19H,3,6,10-11H2,1-2H3,(H,17,20). The molecule has 0 fully saturated rings. The van der Waals surface area contributed by atoms with Crippen LogP contribution >= 0.6 is 0 Å². The minimum Gasteiger partial charge on any atom is -0.392 e. The fraction of sp³-hybridized carbons (Fsp3) is 0.438. The van der Waals surface area contributed by atoms with Crippen LogP contribution in [0.15, 0.2) is 30.5 Å². The van der Waals surface area contributed by atoms with Gasteiger partial charge >= 0.3 is 0 Å². The molecule has 2 N–H and O–H groups in total. The molecule has 20 heavy (non-hydrogen) atoms. The molecule has 1 aromatic heterocycles. The summed E-state index contributed by atoms with van der Waals surface area (Å²) in [5, 5.41) is 13.4. The number of rotatable bonds is 6. The second-order valence-corrected chi connectivity index (χ2v) is 5.21. The first-order valence-electron chi connectivity index (χ1n) is 7.12. The van der Waals surface area contributed by atoms with Crippen molar-refractivity contribution in [1.29, 1.82) is 0 Å². The molecule has 1 atom stereocenters. The van der Waals surface area contributed by atoms with Crippen molar-refractivity contribution >= 4 is 16.8 Å². The predicted molar refractivity (Wildman–Crippen MR) is 80.4 cm³/mol. The Balaban J connectivity index is 2.15. The molecule has 2 aromatic rings. The van der Waals surface area contributed by atoms with Gasteiger partial charge in [-0.05, 0) is 19.4 Å². The molecular weight excluding hydrogens is 252 g/mol. The Morgan fingerprint density at radius 2 is 2.15 bits per heavy atom. The summed E-state index contributed by atoms with van der Waals surface area (Å²) in [7, 11) is 0. The third-order valence-electron chi connectivity index (χ3n) is 3.48. The van der Waals surface area contributed by atoms with Crippen LogP contribution in [0.5, 0.6) is 0 Å². The van der Waals surface area contributed by atoms with E-state index in [4.69, 9.17) is 0 Å². The fourth-order valence-electron chi connectivity index (χ4n) is 2.56. The highest BCUT2D eigenvalue weighted by Gasteiger charge is 2.11. The Bertz CT molecular complexity index is 589. The topological polar surface area (TPSA) is 54.3 Å². The van der Waals surface area contributed by atoms with Crippen molar-refractivity contribution in [2.75, 3.05) is 0 Å². The Hall–Kier alpha value is -1.81. The smallest absolute Gasteiger partial charge is 0.240 e. The van der Waals surface area contributed by atoms with Crippen molar-refractivity contribution in [3.05, 3.63) is 36.0 Å². The summed E-state index contributed by atoms with van der Waals surface area (Å²) < 4.78 is 1.90. The molecule has 0 aliphatic heterocycles. The number of hydrogen-bond donors (Lipinski definition) is 2. The molecule has 1 unspecified atom stereocenters. The van der Waals surface area contributed by atoms with E-state index in [1.54, 1.807) is 0 Å². The molecule has 0 spiro atoms. The molecule has 4 heteroatoms. The lowest BCUT2D eigenvalue weighted by Crippen LogP contribution is -2.34. The van der Waals surface area contributed by atoms with E-state index >= 15 is 0 Å². The highest BCUT2D eigenvalue weighted by atomic mass is 16.3. The molecule has 2 rings (SSSR count). The first-order chi connectivity index (χ1) is 9.65. The van der Waals surface area contributed by atoms with Gasteiger partial charge in [-0.2, -0.15) is 0 Å². The summed E-state index contributed by atoms with van der Waals surface area (Å²) in [5.41, 5.74) is 1.84. The number of carbonyl (C=O) groups is 1. The van der Waals surface area contributed by atoms with E-state index in [1.165, 1.54) is 0 Å². The Morgan fingerprint density at radius 1 is 1.40 bits per heavy atom. The first kappa shape index (κ1) is 14.6. The van der Waals surface area contributed by atoms with Gasteiger partial charge in [-0.3, -0.25) is 4.79 Å². The van der Waals surface area contributed by atoms with Gasteiger partial charge in [0.25, 0.3) is 0 Å². The third kappa shape index (κ3) is 3.20. The number of nitrogens with one attached hydrogen (secondary N) is 1. The number of aromatic nitrogens is 1. The minimum atomic E-state index is -0.0125. The van der Waals surface area contributed by atoms with E-state index in [2.05, 4.69) is 12.2 Å². The van der Waals surface area contributed by atoms with Gasteiger partial charge in [-0.15, -0.1) is 0 Å². The van der Waals surface area contributed by atoms with Crippen molar-refractivity contribution in [3.63, 3.8) is 0 Å². The van der Waals surface area contributed by atoms with Crippen molar-refractivity contribution < 1.29 is 9.90 Å². The maximum Gasteiger partial charge on any atom is 0.240 e. The molecular formula is C16H22N2O2. The van der Waals surface area contributed by atoms with Crippen molar-refractivity contribution in [1.82, 2.24) is 9.88 Å². The zero-order valence-corrected chi connectivity index (χ0v) is 12.1. The Kier molecular flexibility index (Phi) is 4.79. The van der Waals surface area contributed by atoms with Crippen LogP contribution in [0.1, 0.15) is 32.3 Å². The molecule has 0 saturated heterocycles. The molecule has 108 valence electrons. The fourth-order valence-corrected chi connectivity index (χ4v) is 2.56. The summed E-state index contributed by atoms with van der Waals surface area (Å²) in [6.45, 7) is 4.40. The van der Waals surface area contributed by atoms with Gasteiger partial charge in [0.1, 0.15) is 6.54 Å². The largest absolute Gasteiger partial charge is 0.392 e. The van der Waals surface area contributed by atoms with Crippen LogP contribution in [-0.4, -0.2) is 21.6 Å². The average molecular weight is 274 g/mol. The monoisotopic (exact) mass is 274 g/mol. The van der Waals surface area contributed by atoms with Crippen LogP contribution in [0.2, 0.25) is 0 Å². The number of benzene rings is 1. The van der Waals surface area contributed by atoms with E-state index in [0.717, 1.165) is 29.3 Å². The molecule has 0 aliphatic carbocycles. The molecule has 1 heterocycles. The number of amides is 1. The number of aliphatic hydroxyl groups excluding tert-OH is 1. The second kappa shape index (κ2) is 6.57. The maximum atomic E-state index is 12.0. The molecule has 0 aliphatic rings. The predicted octanol–water partition coefficient (Wildman–Crippen LogP) is 2.44. The first-order valence-corrected chi connectivity index (χ1v) is 7.12. The minimum absolute atomic E-state index is 0.0104. The van der Waals surface area contributed by atoms with Gasteiger partial charge in [-0.25, -0.2) is 0 Å². The van der Waals surface area contributed by atoms with Crippen LogP contribution in [0.25, 0.3) is 10.9 Å². The maximum absolute atomic E-state index is 12.0. The number of carbonyl (C=O) groups excluding carboxylic acids is 1. The Labute approximate surface area is 119 Å². The van der Waals surface area contributed by atoms with Crippen molar-refractivity contribution in [2.24, 2.45) is 0 Å². The lowest BCUT2D eigenvalue weighted by molar-refractivity contribution is -0.122. The zero-order chi connectivity index (χ0) is 14.5. The van der Waals surface area contributed by atoms with E-state index in [1.807, 2.05) is 42.0 Å². The summed E-state index contributed by atoms with van der Waals surface area (Å²) >= 11 is 0. The molecule has 0 bridgehead atoms. The number of nitrogens with zero attached hydrogens (tertiary/aromatic N) is 1. The number of para-hydroxylation sites is 1. The second-order valence-electron chi connectivity index (χ2n) is 5.21. The van der Waals surface area contributed by atoms with Crippen LogP contribution in [0, 0.1) is 0 Å². The molecule has 1 aromatic carbocycles. The lowest BCUT2D eigenvalue weighted by atomic mass is 10.2. The van der Waals surface area contributed by atoms with Gasteiger partial charge in [0.05, 0.1) is 6.61 Å². The summed E-state index contributed by atoms with van der Waals surface area (Å²) in [5.74, 6) is 0.0104. The van der Waals surface area contributed by atoms with E-state index < -0.39 is 0 Å². The van der Waals surface area contributed by atoms with E-state index in [-0.39, 0.29) is 25.1 Å². The highest BCUT2D eigenvalue weighted by Crippen LogP contribution is 2.21. The summed E-state index contributed by atoms with van der Waals surface area (Å²) in [6, 6.07) is 8.02. The van der Waals surface area contributed by atoms with Crippen LogP contribution in [0.4, 0.5) is 0 Å². The highest BCUT2D eigenvalue weighted by molar-refractivity contribution is 5.86. The van der Waals surface area contributed by atoms with Crippen LogP contribution in [0.3, 0.4) is 0 Å². The van der Waals surface area contributed by atoms with Crippen molar-refractivity contribution in [3.8, 4) is 0 Å². The van der Waals surface area contributed by atoms with Crippen LogP contribution < -0.4 is 5.32 Å². The SMILES string of the molecule is CCCC(C)NC(=O)Cn1cc(CO)c2ccccc21. The van der Waals surface area contributed by atoms with Crippen LogP contribution in [-0.2, 0) is 17.9 Å². The van der Waals surface area contributed by atoms with E-state index in [0.29, 0.717) is 0 Å². The van der Waals surface area contributed by atoms with Gasteiger partial charge in [0.15, 0.2) is 0 Å². The molecule has 0 saturated carbocycles. The van der Waals surface area contributed by atoms with E-state index in [9.17, 15) is 9.90 Å². The van der Waals surface area contributed by atoms with Gasteiger partial charge < -0.3 is 15.0 Å². The number of aliphatic hydroxyl groups is 1. The zero-order valence-electron chi connectivity index (χ0n) is 12.1. The number of hydrogen-bond acceptors (Lipinski definition) is 2. The van der Waals surface area contributed by atoms with Gasteiger partial charge in [0, 0.05) is 28.7 Å². The van der Waals surface area contributed by atoms with Gasteiger partial charge in [-0.1, -0.05) is 31.5 Å². The molecule has 4 nitrogen and oxygen atoms in total. The normalized spacial score (nSPS) is 12.6. The summed E-state index contributed by atoms with van der Waals surface area (Å²) in [6.07, 6.45) is 3.90. The Morgan fingerprint density at radius 3 is 2.85 bits per heavy atom. The number of fused-ring (bicyclic) bond motifs is 1. The molecule has 0 radical (unpaired) electrons.